The molecule has 1 saturated carbocycles. The van der Waals surface area contributed by atoms with E-state index < -0.39 is 0 Å². The number of aromatic nitrogens is 3. The van der Waals surface area contributed by atoms with Gasteiger partial charge in [0, 0.05) is 42.8 Å². The standard InChI is InChI=1S/C19H25N5OS/c1-13-21-11-16(26-13)9-18(25)22-10-14-6-8-24(12-14)17-5-7-20-19(23-17)15-3-2-4-15/h5,7,11,14-15H,2-4,6,8-10,12H2,1H3,(H,22,25). The van der Waals surface area contributed by atoms with Gasteiger partial charge >= 0.3 is 0 Å². The number of nitrogens with one attached hydrogen (secondary N) is 1. The number of carbonyl (C=O) groups is 1. The van der Waals surface area contributed by atoms with Crippen LogP contribution in [0.4, 0.5) is 5.82 Å². The van der Waals surface area contributed by atoms with Gasteiger partial charge in [-0.15, -0.1) is 11.3 Å². The van der Waals surface area contributed by atoms with E-state index in [-0.39, 0.29) is 5.91 Å². The molecule has 1 unspecified atom stereocenters. The molecule has 0 aromatic carbocycles. The maximum absolute atomic E-state index is 12.1. The molecule has 1 saturated heterocycles. The summed E-state index contributed by atoms with van der Waals surface area (Å²) in [4.78, 5) is 28.9. The molecule has 0 radical (unpaired) electrons. The molecule has 3 heterocycles. The number of hydrogen-bond donors (Lipinski definition) is 1. The predicted molar refractivity (Wildman–Crippen MR) is 103 cm³/mol. The van der Waals surface area contributed by atoms with Crippen molar-refractivity contribution >= 4 is 23.1 Å². The van der Waals surface area contributed by atoms with Crippen molar-refractivity contribution < 1.29 is 4.79 Å². The fourth-order valence-electron chi connectivity index (χ4n) is 3.58. The van der Waals surface area contributed by atoms with Crippen LogP contribution in [0.25, 0.3) is 0 Å². The molecule has 2 aromatic rings. The molecule has 0 bridgehead atoms. The van der Waals surface area contributed by atoms with E-state index in [1.165, 1.54) is 19.3 Å². The quantitative estimate of drug-likeness (QED) is 0.845. The Balaban J connectivity index is 1.26. The van der Waals surface area contributed by atoms with Gasteiger partial charge in [0.15, 0.2) is 0 Å². The van der Waals surface area contributed by atoms with Gasteiger partial charge in [-0.05, 0) is 38.2 Å². The Morgan fingerprint density at radius 3 is 2.96 bits per heavy atom. The van der Waals surface area contributed by atoms with Gasteiger partial charge < -0.3 is 10.2 Å². The van der Waals surface area contributed by atoms with E-state index in [1.54, 1.807) is 17.5 Å². The summed E-state index contributed by atoms with van der Waals surface area (Å²) in [5.41, 5.74) is 0. The van der Waals surface area contributed by atoms with Crippen molar-refractivity contribution in [2.75, 3.05) is 24.5 Å². The molecule has 7 heteroatoms. The Kier molecular flexibility index (Phi) is 5.15. The van der Waals surface area contributed by atoms with Gasteiger partial charge in [0.2, 0.25) is 5.91 Å². The Morgan fingerprint density at radius 1 is 1.35 bits per heavy atom. The van der Waals surface area contributed by atoms with Crippen molar-refractivity contribution in [1.29, 1.82) is 0 Å². The normalized spacial score (nSPS) is 20.2. The molecule has 4 rings (SSSR count). The number of thiazole rings is 1. The summed E-state index contributed by atoms with van der Waals surface area (Å²) >= 11 is 1.59. The SMILES string of the molecule is Cc1ncc(CC(=O)NCC2CCN(c3ccnc(C4CCC4)n3)C2)s1. The predicted octanol–water partition coefficient (Wildman–Crippen LogP) is 2.69. The average Bonchev–Trinajstić information content (AvgIpc) is 3.21. The number of aryl methyl sites for hydroxylation is 1. The highest BCUT2D eigenvalue weighted by molar-refractivity contribution is 7.11. The number of rotatable bonds is 6. The molecule has 2 aliphatic rings. The molecule has 1 N–H and O–H groups in total. The minimum absolute atomic E-state index is 0.0846. The fourth-order valence-corrected chi connectivity index (χ4v) is 4.37. The summed E-state index contributed by atoms with van der Waals surface area (Å²) in [7, 11) is 0. The molecule has 138 valence electrons. The highest BCUT2D eigenvalue weighted by atomic mass is 32.1. The second-order valence-electron chi connectivity index (χ2n) is 7.33. The summed E-state index contributed by atoms with van der Waals surface area (Å²) in [5, 5.41) is 4.09. The minimum Gasteiger partial charge on any atom is -0.356 e. The van der Waals surface area contributed by atoms with E-state index in [2.05, 4.69) is 20.2 Å². The van der Waals surface area contributed by atoms with Crippen molar-refractivity contribution in [3.05, 3.63) is 34.2 Å². The van der Waals surface area contributed by atoms with Crippen LogP contribution in [0.5, 0.6) is 0 Å². The van der Waals surface area contributed by atoms with E-state index in [1.807, 2.05) is 19.2 Å². The Hall–Kier alpha value is -2.02. The molecular formula is C19H25N5OS. The first-order chi connectivity index (χ1) is 12.7. The van der Waals surface area contributed by atoms with E-state index in [9.17, 15) is 4.79 Å². The zero-order chi connectivity index (χ0) is 17.9. The van der Waals surface area contributed by atoms with Gasteiger partial charge in [0.1, 0.15) is 11.6 Å². The lowest BCUT2D eigenvalue weighted by atomic mass is 9.85. The molecular weight excluding hydrogens is 346 g/mol. The highest BCUT2D eigenvalue weighted by Crippen LogP contribution is 2.35. The van der Waals surface area contributed by atoms with Crippen molar-refractivity contribution in [2.24, 2.45) is 5.92 Å². The summed E-state index contributed by atoms with van der Waals surface area (Å²) in [6.45, 7) is 4.63. The molecule has 1 amide bonds. The van der Waals surface area contributed by atoms with E-state index in [0.717, 1.165) is 47.6 Å². The van der Waals surface area contributed by atoms with Gasteiger partial charge in [0.05, 0.1) is 11.4 Å². The molecule has 2 aromatic heterocycles. The van der Waals surface area contributed by atoms with Crippen LogP contribution in [-0.4, -0.2) is 40.5 Å². The van der Waals surface area contributed by atoms with Crippen LogP contribution >= 0.6 is 11.3 Å². The van der Waals surface area contributed by atoms with Gasteiger partial charge in [-0.3, -0.25) is 4.79 Å². The summed E-state index contributed by atoms with van der Waals surface area (Å²) in [6, 6.07) is 2.01. The minimum atomic E-state index is 0.0846. The number of nitrogens with zero attached hydrogens (tertiary/aromatic N) is 4. The molecule has 6 nitrogen and oxygen atoms in total. The van der Waals surface area contributed by atoms with Crippen molar-refractivity contribution in [3.8, 4) is 0 Å². The Labute approximate surface area is 158 Å². The summed E-state index contributed by atoms with van der Waals surface area (Å²) in [5.74, 6) is 3.16. The number of carbonyl (C=O) groups excluding carboxylic acids is 1. The molecule has 0 spiro atoms. The van der Waals surface area contributed by atoms with E-state index >= 15 is 0 Å². The maximum atomic E-state index is 12.1. The summed E-state index contributed by atoms with van der Waals surface area (Å²) < 4.78 is 0. The van der Waals surface area contributed by atoms with Crippen molar-refractivity contribution in [1.82, 2.24) is 20.3 Å². The second-order valence-corrected chi connectivity index (χ2v) is 8.65. The lowest BCUT2D eigenvalue weighted by Gasteiger charge is -2.25. The third kappa shape index (κ3) is 4.03. The van der Waals surface area contributed by atoms with E-state index in [4.69, 9.17) is 4.98 Å². The number of amides is 1. The number of anilines is 1. The lowest BCUT2D eigenvalue weighted by molar-refractivity contribution is -0.120. The number of hydrogen-bond acceptors (Lipinski definition) is 6. The first-order valence-electron chi connectivity index (χ1n) is 9.43. The fraction of sp³-hybridized carbons (Fsp3) is 0.579. The molecule has 26 heavy (non-hydrogen) atoms. The van der Waals surface area contributed by atoms with Crippen LogP contribution in [0.3, 0.4) is 0 Å². The Bertz CT molecular complexity index is 773. The van der Waals surface area contributed by atoms with Gasteiger partial charge in [-0.1, -0.05) is 6.42 Å². The van der Waals surface area contributed by atoms with Crippen LogP contribution in [0.2, 0.25) is 0 Å². The molecule has 1 aliphatic heterocycles. The zero-order valence-electron chi connectivity index (χ0n) is 15.1. The first kappa shape index (κ1) is 17.4. The monoisotopic (exact) mass is 371 g/mol. The van der Waals surface area contributed by atoms with Crippen molar-refractivity contribution in [2.45, 2.75) is 44.9 Å². The lowest BCUT2D eigenvalue weighted by Crippen LogP contribution is -2.32. The molecule has 2 fully saturated rings. The topological polar surface area (TPSA) is 71.0 Å². The van der Waals surface area contributed by atoms with Gasteiger partial charge in [0.25, 0.3) is 0 Å². The van der Waals surface area contributed by atoms with Crippen molar-refractivity contribution in [3.63, 3.8) is 0 Å². The third-order valence-electron chi connectivity index (χ3n) is 5.33. The second kappa shape index (κ2) is 7.70. The van der Waals surface area contributed by atoms with E-state index in [0.29, 0.717) is 18.3 Å². The van der Waals surface area contributed by atoms with Crippen LogP contribution in [0.15, 0.2) is 18.5 Å². The first-order valence-corrected chi connectivity index (χ1v) is 10.2. The van der Waals surface area contributed by atoms with Gasteiger partial charge in [-0.25, -0.2) is 15.0 Å². The van der Waals surface area contributed by atoms with Crippen LogP contribution in [0.1, 0.15) is 47.3 Å². The summed E-state index contributed by atoms with van der Waals surface area (Å²) in [6.07, 6.45) is 8.94. The molecule has 1 atom stereocenters. The zero-order valence-corrected chi connectivity index (χ0v) is 16.0. The van der Waals surface area contributed by atoms with Crippen LogP contribution in [-0.2, 0) is 11.2 Å². The average molecular weight is 372 g/mol. The van der Waals surface area contributed by atoms with Crippen LogP contribution < -0.4 is 10.2 Å². The maximum Gasteiger partial charge on any atom is 0.225 e. The highest BCUT2D eigenvalue weighted by Gasteiger charge is 2.26. The smallest absolute Gasteiger partial charge is 0.225 e. The molecule has 1 aliphatic carbocycles. The van der Waals surface area contributed by atoms with Crippen LogP contribution in [0, 0.1) is 12.8 Å². The third-order valence-corrected chi connectivity index (χ3v) is 6.24. The van der Waals surface area contributed by atoms with Gasteiger partial charge in [-0.2, -0.15) is 0 Å². The largest absolute Gasteiger partial charge is 0.356 e. The Morgan fingerprint density at radius 2 is 2.23 bits per heavy atom.